The van der Waals surface area contributed by atoms with Crippen molar-refractivity contribution in [3.8, 4) is 0 Å². The van der Waals surface area contributed by atoms with E-state index < -0.39 is 0 Å². The molecule has 0 heteroatoms. The Labute approximate surface area is 101 Å². The molecule has 0 saturated carbocycles. The van der Waals surface area contributed by atoms with Crippen LogP contribution in [-0.4, -0.2) is 0 Å². The molecule has 0 heterocycles. The van der Waals surface area contributed by atoms with Crippen LogP contribution in [0.2, 0.25) is 0 Å². The quantitative estimate of drug-likeness (QED) is 0.512. The van der Waals surface area contributed by atoms with E-state index in [0.717, 1.165) is 17.8 Å². The molecule has 0 fully saturated rings. The van der Waals surface area contributed by atoms with Crippen molar-refractivity contribution in [2.75, 3.05) is 0 Å². The van der Waals surface area contributed by atoms with Gasteiger partial charge in [-0.3, -0.25) is 0 Å². The third kappa shape index (κ3) is 14.0. The van der Waals surface area contributed by atoms with Crippen molar-refractivity contribution in [3.63, 3.8) is 0 Å². The van der Waals surface area contributed by atoms with Crippen molar-refractivity contribution in [3.05, 3.63) is 0 Å². The zero-order chi connectivity index (χ0) is 12.1. The van der Waals surface area contributed by atoms with Crippen LogP contribution in [-0.2, 0) is 0 Å². The smallest absolute Gasteiger partial charge is 0.0368 e. The minimum Gasteiger partial charge on any atom is -0.0776 e. The Morgan fingerprint density at radius 1 is 0.733 bits per heavy atom. The molecule has 0 nitrogen and oxygen atoms in total. The lowest BCUT2D eigenvalue weighted by Gasteiger charge is -2.24. The first-order valence-electron chi connectivity index (χ1n) is 6.63. The average Bonchev–Trinajstić information content (AvgIpc) is 2.24. The van der Waals surface area contributed by atoms with E-state index in [1.807, 2.05) is 27.7 Å². The molecular weight excluding hydrogens is 180 g/mol. The molecule has 0 aromatic carbocycles. The highest BCUT2D eigenvalue weighted by molar-refractivity contribution is 4.66. The Morgan fingerprint density at radius 2 is 1.07 bits per heavy atom. The maximum Gasteiger partial charge on any atom is -0.0368 e. The summed E-state index contributed by atoms with van der Waals surface area (Å²) < 4.78 is 0. The Bertz CT molecular complexity index is 74.1. The van der Waals surface area contributed by atoms with Gasteiger partial charge in [-0.05, 0) is 17.8 Å². The van der Waals surface area contributed by atoms with Crippen LogP contribution in [0.4, 0.5) is 0 Å². The molecule has 2 unspecified atom stereocenters. The molecule has 0 aromatic heterocycles. The van der Waals surface area contributed by atoms with Gasteiger partial charge in [-0.25, -0.2) is 0 Å². The largest absolute Gasteiger partial charge is 0.0776 e. The van der Waals surface area contributed by atoms with Gasteiger partial charge >= 0.3 is 0 Å². The lowest BCUT2D eigenvalue weighted by molar-refractivity contribution is 0.256. The van der Waals surface area contributed by atoms with Gasteiger partial charge in [-0.2, -0.15) is 0 Å². The summed E-state index contributed by atoms with van der Waals surface area (Å²) in [5, 5.41) is 0. The summed E-state index contributed by atoms with van der Waals surface area (Å²) in [4.78, 5) is 0. The first kappa shape index (κ1) is 24.3. The van der Waals surface area contributed by atoms with Gasteiger partial charge in [-0.15, -0.1) is 0 Å². The zero-order valence-corrected chi connectivity index (χ0v) is 12.1. The monoisotopic (exact) mass is 218 g/mol. The van der Waals surface area contributed by atoms with Gasteiger partial charge in [0, 0.05) is 0 Å². The highest BCUT2D eigenvalue weighted by atomic mass is 14.2. The van der Waals surface area contributed by atoms with Gasteiger partial charge < -0.3 is 0 Å². The van der Waals surface area contributed by atoms with Gasteiger partial charge in [-0.1, -0.05) is 82.6 Å². The van der Waals surface area contributed by atoms with E-state index in [4.69, 9.17) is 0 Å². The standard InChI is InChI=1S/C10H22.2C2H6.CH4/c1-6-9(5)10(7-2)8(3)4;2*1-2;/h8-10H,6-7H2,1-5H3;2*1-2H3;1H4. The summed E-state index contributed by atoms with van der Waals surface area (Å²) in [5.74, 6) is 2.70. The number of hydrogen-bond donors (Lipinski definition) is 0. The second-order valence-electron chi connectivity index (χ2n) is 3.70. The van der Waals surface area contributed by atoms with Gasteiger partial charge in [0.1, 0.15) is 0 Å². The van der Waals surface area contributed by atoms with E-state index in [1.165, 1.54) is 12.8 Å². The van der Waals surface area contributed by atoms with E-state index in [9.17, 15) is 0 Å². The minimum atomic E-state index is 0. The average molecular weight is 218 g/mol. The van der Waals surface area contributed by atoms with Gasteiger partial charge in [0.05, 0.1) is 0 Å². The molecule has 0 rings (SSSR count). The summed E-state index contributed by atoms with van der Waals surface area (Å²) >= 11 is 0. The second kappa shape index (κ2) is 19.6. The van der Waals surface area contributed by atoms with Crippen LogP contribution >= 0.6 is 0 Å². The summed E-state index contributed by atoms with van der Waals surface area (Å²) in [5.41, 5.74) is 0. The number of rotatable bonds is 4. The van der Waals surface area contributed by atoms with Crippen molar-refractivity contribution in [2.45, 2.75) is 82.6 Å². The molecule has 0 amide bonds. The molecule has 98 valence electrons. The molecule has 0 aliphatic heterocycles. The Kier molecular flexibility index (Phi) is 31.7. The summed E-state index contributed by atoms with van der Waals surface area (Å²) in [6, 6.07) is 0. The fourth-order valence-corrected chi connectivity index (χ4v) is 1.83. The molecule has 0 saturated heterocycles. The predicted molar refractivity (Wildman–Crippen MR) is 77.5 cm³/mol. The maximum absolute atomic E-state index is 2.37. The summed E-state index contributed by atoms with van der Waals surface area (Å²) in [6.07, 6.45) is 2.67. The van der Waals surface area contributed by atoms with Gasteiger partial charge in [0.25, 0.3) is 0 Å². The normalized spacial score (nSPS) is 12.4. The molecule has 2 atom stereocenters. The molecule has 0 N–H and O–H groups in total. The summed E-state index contributed by atoms with van der Waals surface area (Å²) in [6.45, 7) is 19.6. The van der Waals surface area contributed by atoms with Crippen molar-refractivity contribution >= 4 is 0 Å². The SMILES string of the molecule is C.CC.CC.CCC(C)C(CC)C(C)C. The third-order valence-electron chi connectivity index (χ3n) is 2.70. The summed E-state index contributed by atoms with van der Waals surface area (Å²) in [7, 11) is 0. The fourth-order valence-electron chi connectivity index (χ4n) is 1.83. The van der Waals surface area contributed by atoms with Crippen LogP contribution in [0.25, 0.3) is 0 Å². The lowest BCUT2D eigenvalue weighted by Crippen LogP contribution is -2.16. The topological polar surface area (TPSA) is 0 Å². The van der Waals surface area contributed by atoms with Crippen molar-refractivity contribution < 1.29 is 0 Å². The Morgan fingerprint density at radius 3 is 1.13 bits per heavy atom. The molecule has 0 aromatic rings. The third-order valence-corrected chi connectivity index (χ3v) is 2.70. The van der Waals surface area contributed by atoms with E-state index in [-0.39, 0.29) is 7.43 Å². The van der Waals surface area contributed by atoms with Crippen LogP contribution in [0.1, 0.15) is 82.6 Å². The molecule has 0 radical (unpaired) electrons. The molecular formula is C15H38. The molecule has 0 aliphatic rings. The highest BCUT2D eigenvalue weighted by Gasteiger charge is 2.16. The molecule has 0 bridgehead atoms. The predicted octanol–water partition coefficient (Wildman–Crippen LogP) is 6.40. The zero-order valence-electron chi connectivity index (χ0n) is 12.1. The maximum atomic E-state index is 2.37. The van der Waals surface area contributed by atoms with Crippen molar-refractivity contribution in [1.29, 1.82) is 0 Å². The molecule has 0 aliphatic carbocycles. The Hall–Kier alpha value is 0. The van der Waals surface area contributed by atoms with E-state index in [0.29, 0.717) is 0 Å². The fraction of sp³-hybridized carbons (Fsp3) is 1.00. The lowest BCUT2D eigenvalue weighted by atomic mass is 9.81. The number of hydrogen-bond acceptors (Lipinski definition) is 0. The van der Waals surface area contributed by atoms with Crippen LogP contribution in [0.15, 0.2) is 0 Å². The van der Waals surface area contributed by atoms with Gasteiger partial charge in [0.15, 0.2) is 0 Å². The van der Waals surface area contributed by atoms with Crippen molar-refractivity contribution in [1.82, 2.24) is 0 Å². The first-order valence-corrected chi connectivity index (χ1v) is 6.63. The minimum absolute atomic E-state index is 0. The van der Waals surface area contributed by atoms with E-state index in [1.54, 1.807) is 0 Å². The molecule has 15 heavy (non-hydrogen) atoms. The van der Waals surface area contributed by atoms with Crippen molar-refractivity contribution in [2.24, 2.45) is 17.8 Å². The van der Waals surface area contributed by atoms with Crippen LogP contribution in [0.5, 0.6) is 0 Å². The van der Waals surface area contributed by atoms with E-state index in [2.05, 4.69) is 34.6 Å². The van der Waals surface area contributed by atoms with E-state index >= 15 is 0 Å². The van der Waals surface area contributed by atoms with Crippen LogP contribution < -0.4 is 0 Å². The first-order chi connectivity index (χ1) is 6.63. The van der Waals surface area contributed by atoms with Crippen LogP contribution in [0, 0.1) is 17.8 Å². The van der Waals surface area contributed by atoms with Gasteiger partial charge in [0.2, 0.25) is 0 Å². The molecule has 0 spiro atoms. The highest BCUT2D eigenvalue weighted by Crippen LogP contribution is 2.25. The second-order valence-corrected chi connectivity index (χ2v) is 3.70. The van der Waals surface area contributed by atoms with Crippen LogP contribution in [0.3, 0.4) is 0 Å². The Balaban J connectivity index is -0.000000107.